The van der Waals surface area contributed by atoms with Gasteiger partial charge in [0.2, 0.25) is 15.9 Å². The van der Waals surface area contributed by atoms with Gasteiger partial charge in [-0.05, 0) is 23.3 Å². The van der Waals surface area contributed by atoms with Crippen LogP contribution < -0.4 is 19.5 Å². The van der Waals surface area contributed by atoms with Gasteiger partial charge in [-0.2, -0.15) is 0 Å². The minimum Gasteiger partial charge on any atom is -0.490 e. The van der Waals surface area contributed by atoms with Crippen LogP contribution >= 0.6 is 0 Å². The van der Waals surface area contributed by atoms with Crippen molar-refractivity contribution in [1.29, 1.82) is 0 Å². The summed E-state index contributed by atoms with van der Waals surface area (Å²) in [5, 5.41) is 2.84. The van der Waals surface area contributed by atoms with Gasteiger partial charge in [0, 0.05) is 51.6 Å². The molecular weight excluding hydrogens is 458 g/mol. The lowest BCUT2D eigenvalue weighted by Crippen LogP contribution is -2.35. The summed E-state index contributed by atoms with van der Waals surface area (Å²) in [6.07, 6.45) is 0.779. The van der Waals surface area contributed by atoms with Crippen molar-refractivity contribution in [2.75, 3.05) is 46.1 Å². The van der Waals surface area contributed by atoms with Crippen molar-refractivity contribution in [2.24, 2.45) is 0 Å². The number of ether oxygens (including phenoxy) is 3. The van der Waals surface area contributed by atoms with E-state index in [0.717, 1.165) is 44.8 Å². The van der Waals surface area contributed by atoms with E-state index in [-0.39, 0.29) is 23.8 Å². The van der Waals surface area contributed by atoms with E-state index in [9.17, 15) is 13.2 Å². The second kappa shape index (κ2) is 11.7. The Labute approximate surface area is 200 Å². The van der Waals surface area contributed by atoms with Crippen LogP contribution in [0.3, 0.4) is 0 Å². The number of nitrogens with one attached hydrogen (secondary N) is 2. The van der Waals surface area contributed by atoms with Crippen LogP contribution in [0.25, 0.3) is 0 Å². The van der Waals surface area contributed by atoms with E-state index >= 15 is 0 Å². The molecule has 0 aromatic heterocycles. The number of fused-ring (bicyclic) bond motifs is 1. The Kier molecular flexibility index (Phi) is 8.39. The van der Waals surface area contributed by atoms with Crippen molar-refractivity contribution in [3.05, 3.63) is 53.6 Å². The molecule has 10 heteroatoms. The number of sulfonamides is 1. The second-order valence-corrected chi connectivity index (χ2v) is 10.1. The third-order valence-electron chi connectivity index (χ3n) is 5.70. The van der Waals surface area contributed by atoms with E-state index in [2.05, 4.69) is 27.1 Å². The first-order chi connectivity index (χ1) is 16.5. The molecule has 0 saturated carbocycles. The van der Waals surface area contributed by atoms with Gasteiger partial charge in [-0.25, -0.2) is 13.1 Å². The molecule has 1 saturated heterocycles. The predicted octanol–water partition coefficient (Wildman–Crippen LogP) is 1.66. The van der Waals surface area contributed by atoms with Gasteiger partial charge in [0.05, 0.1) is 31.3 Å². The summed E-state index contributed by atoms with van der Waals surface area (Å²) in [7, 11) is -3.76. The molecular formula is C24H31N3O6S. The topological polar surface area (TPSA) is 106 Å². The van der Waals surface area contributed by atoms with Crippen LogP contribution in [0.5, 0.6) is 11.5 Å². The van der Waals surface area contributed by atoms with Crippen molar-refractivity contribution >= 4 is 15.9 Å². The Hall–Kier alpha value is -2.66. The van der Waals surface area contributed by atoms with Crippen LogP contribution in [0, 0.1) is 0 Å². The Bertz CT molecular complexity index is 1070. The van der Waals surface area contributed by atoms with E-state index in [0.29, 0.717) is 31.3 Å². The first-order valence-corrected chi connectivity index (χ1v) is 13.0. The number of rotatable bonds is 9. The second-order valence-electron chi connectivity index (χ2n) is 8.29. The summed E-state index contributed by atoms with van der Waals surface area (Å²) in [6, 6.07) is 12.7. The van der Waals surface area contributed by atoms with Gasteiger partial charge in [-0.15, -0.1) is 0 Å². The number of carbonyl (C=O) groups is 1. The molecule has 34 heavy (non-hydrogen) atoms. The molecule has 4 rings (SSSR count). The number of nitrogens with zero attached hydrogens (tertiary/aromatic N) is 1. The van der Waals surface area contributed by atoms with Crippen molar-refractivity contribution in [3.8, 4) is 11.5 Å². The van der Waals surface area contributed by atoms with Crippen molar-refractivity contribution in [2.45, 2.75) is 30.8 Å². The Morgan fingerprint density at radius 3 is 2.38 bits per heavy atom. The average molecular weight is 490 g/mol. The molecule has 2 aliphatic heterocycles. The SMILES string of the molecule is O=C(CCNS(=O)(=O)c1ccc2c(c1)OCCCO2)NCc1ccc(CN2CCOCC2)cc1. The van der Waals surface area contributed by atoms with Crippen LogP contribution in [0.15, 0.2) is 47.4 Å². The number of benzene rings is 2. The molecule has 2 heterocycles. The molecule has 1 amide bonds. The van der Waals surface area contributed by atoms with Gasteiger partial charge in [-0.1, -0.05) is 24.3 Å². The highest BCUT2D eigenvalue weighted by atomic mass is 32.2. The zero-order valence-electron chi connectivity index (χ0n) is 19.1. The van der Waals surface area contributed by atoms with Crippen LogP contribution in [-0.4, -0.2) is 65.3 Å². The summed E-state index contributed by atoms with van der Waals surface area (Å²) in [5.41, 5.74) is 2.22. The summed E-state index contributed by atoms with van der Waals surface area (Å²) in [4.78, 5) is 14.6. The minimum atomic E-state index is -3.76. The van der Waals surface area contributed by atoms with Crippen LogP contribution in [-0.2, 0) is 32.6 Å². The standard InChI is InChI=1S/C24H31N3O6S/c28-24(25-17-19-2-4-20(5-3-19)18-27-10-14-31-15-11-27)8-9-26-34(29,30)21-6-7-22-23(16-21)33-13-1-12-32-22/h2-7,16,26H,1,8-15,17-18H2,(H,25,28). The van der Waals surface area contributed by atoms with Crippen LogP contribution in [0.1, 0.15) is 24.0 Å². The molecule has 0 spiro atoms. The Morgan fingerprint density at radius 2 is 1.62 bits per heavy atom. The van der Waals surface area contributed by atoms with Gasteiger partial charge >= 0.3 is 0 Å². The highest BCUT2D eigenvalue weighted by Gasteiger charge is 2.19. The molecule has 184 valence electrons. The lowest BCUT2D eigenvalue weighted by Gasteiger charge is -2.26. The van der Waals surface area contributed by atoms with Crippen molar-refractivity contribution in [3.63, 3.8) is 0 Å². The summed E-state index contributed by atoms with van der Waals surface area (Å²) in [6.45, 7) is 5.72. The Balaban J connectivity index is 1.20. The normalized spacial score (nSPS) is 16.6. The number of hydrogen-bond acceptors (Lipinski definition) is 7. The lowest BCUT2D eigenvalue weighted by atomic mass is 10.1. The molecule has 0 radical (unpaired) electrons. The van der Waals surface area contributed by atoms with Gasteiger partial charge in [0.25, 0.3) is 0 Å². The fraction of sp³-hybridized carbons (Fsp3) is 0.458. The van der Waals surface area contributed by atoms with Gasteiger partial charge in [-0.3, -0.25) is 9.69 Å². The maximum atomic E-state index is 12.6. The number of amides is 1. The summed E-state index contributed by atoms with van der Waals surface area (Å²) < 4.78 is 44.1. The fourth-order valence-corrected chi connectivity index (χ4v) is 4.81. The maximum Gasteiger partial charge on any atom is 0.240 e. The Morgan fingerprint density at radius 1 is 0.912 bits per heavy atom. The molecule has 2 N–H and O–H groups in total. The zero-order chi connectivity index (χ0) is 23.8. The van der Waals surface area contributed by atoms with Crippen molar-refractivity contribution in [1.82, 2.24) is 14.9 Å². The first-order valence-electron chi connectivity index (χ1n) is 11.5. The van der Waals surface area contributed by atoms with E-state index in [4.69, 9.17) is 14.2 Å². The maximum absolute atomic E-state index is 12.6. The van der Waals surface area contributed by atoms with Gasteiger partial charge in [0.15, 0.2) is 11.5 Å². The van der Waals surface area contributed by atoms with E-state index < -0.39 is 10.0 Å². The largest absolute Gasteiger partial charge is 0.490 e. The summed E-state index contributed by atoms with van der Waals surface area (Å²) >= 11 is 0. The van der Waals surface area contributed by atoms with E-state index in [1.165, 1.54) is 17.7 Å². The third kappa shape index (κ3) is 6.92. The smallest absolute Gasteiger partial charge is 0.240 e. The highest BCUT2D eigenvalue weighted by molar-refractivity contribution is 7.89. The molecule has 0 unspecified atom stereocenters. The quantitative estimate of drug-likeness (QED) is 0.552. The lowest BCUT2D eigenvalue weighted by molar-refractivity contribution is -0.121. The minimum absolute atomic E-state index is 0.00109. The van der Waals surface area contributed by atoms with E-state index in [1.54, 1.807) is 6.07 Å². The predicted molar refractivity (Wildman–Crippen MR) is 126 cm³/mol. The number of carbonyl (C=O) groups excluding carboxylic acids is 1. The molecule has 2 aliphatic rings. The molecule has 9 nitrogen and oxygen atoms in total. The fourth-order valence-electron chi connectivity index (χ4n) is 3.76. The van der Waals surface area contributed by atoms with E-state index in [1.807, 2.05) is 12.1 Å². The molecule has 0 aliphatic carbocycles. The molecule has 1 fully saturated rings. The van der Waals surface area contributed by atoms with Crippen molar-refractivity contribution < 1.29 is 27.4 Å². The first kappa shape index (κ1) is 24.5. The molecule has 2 aromatic carbocycles. The summed E-state index contributed by atoms with van der Waals surface area (Å²) in [5.74, 6) is 0.720. The highest BCUT2D eigenvalue weighted by Crippen LogP contribution is 2.31. The average Bonchev–Trinajstić information content (AvgIpc) is 3.09. The van der Waals surface area contributed by atoms with Crippen LogP contribution in [0.4, 0.5) is 0 Å². The van der Waals surface area contributed by atoms with Gasteiger partial charge in [0.1, 0.15) is 0 Å². The molecule has 2 aromatic rings. The molecule has 0 bridgehead atoms. The van der Waals surface area contributed by atoms with Gasteiger partial charge < -0.3 is 19.5 Å². The molecule has 0 atom stereocenters. The third-order valence-corrected chi connectivity index (χ3v) is 7.15. The monoisotopic (exact) mass is 489 g/mol. The number of hydrogen-bond donors (Lipinski definition) is 2. The van der Waals surface area contributed by atoms with Crippen LogP contribution in [0.2, 0.25) is 0 Å². The zero-order valence-corrected chi connectivity index (χ0v) is 19.9. The number of morpholine rings is 1.